The Labute approximate surface area is 148 Å². The van der Waals surface area contributed by atoms with E-state index in [1.54, 1.807) is 51.2 Å². The Balaban J connectivity index is 2.02. The summed E-state index contributed by atoms with van der Waals surface area (Å²) in [6.45, 7) is 7.03. The molecule has 25 heavy (non-hydrogen) atoms. The van der Waals surface area contributed by atoms with Crippen molar-refractivity contribution in [3.05, 3.63) is 42.2 Å². The van der Waals surface area contributed by atoms with Crippen LogP contribution in [-0.2, 0) is 14.8 Å². The molecule has 0 aliphatic heterocycles. The highest BCUT2D eigenvalue weighted by atomic mass is 32.2. The third kappa shape index (κ3) is 6.24. The third-order valence-electron chi connectivity index (χ3n) is 3.00. The van der Waals surface area contributed by atoms with E-state index in [9.17, 15) is 13.2 Å². The van der Waals surface area contributed by atoms with Gasteiger partial charge in [0.1, 0.15) is 5.75 Å². The van der Waals surface area contributed by atoms with Crippen LogP contribution >= 0.6 is 0 Å². The molecule has 1 aromatic heterocycles. The summed E-state index contributed by atoms with van der Waals surface area (Å²) >= 11 is 0. The number of carbonyl (C=O) groups is 1. The molecule has 2 aromatic rings. The van der Waals surface area contributed by atoms with Crippen LogP contribution in [0.4, 0.5) is 5.69 Å². The Morgan fingerprint density at radius 1 is 1.12 bits per heavy atom. The maximum atomic E-state index is 12.0. The van der Waals surface area contributed by atoms with Crippen molar-refractivity contribution in [3.8, 4) is 11.4 Å². The second kappa shape index (κ2) is 7.28. The predicted molar refractivity (Wildman–Crippen MR) is 97.5 cm³/mol. The molecule has 0 spiro atoms. The van der Waals surface area contributed by atoms with Gasteiger partial charge in [0, 0.05) is 28.7 Å². The molecule has 1 aromatic carbocycles. The zero-order chi connectivity index (χ0) is 18.7. The molecule has 0 atom stereocenters. The topological polar surface area (TPSA) is 101 Å². The molecule has 0 aliphatic rings. The van der Waals surface area contributed by atoms with Crippen molar-refractivity contribution in [1.29, 1.82) is 0 Å². The number of hydrogen-bond donors (Lipinski definition) is 2. The van der Waals surface area contributed by atoms with Crippen LogP contribution in [0.25, 0.3) is 11.4 Å². The number of anilines is 1. The van der Waals surface area contributed by atoms with E-state index in [-0.39, 0.29) is 0 Å². The zero-order valence-electron chi connectivity index (χ0n) is 14.7. The molecular weight excluding hydrogens is 340 g/mol. The van der Waals surface area contributed by atoms with Crippen molar-refractivity contribution in [1.82, 2.24) is 14.7 Å². The fraction of sp³-hybridized carbons (Fsp3) is 0.353. The van der Waals surface area contributed by atoms with Gasteiger partial charge in [0.05, 0.1) is 0 Å². The highest BCUT2D eigenvalue weighted by Crippen LogP contribution is 2.18. The normalized spacial score (nSPS) is 12.0. The van der Waals surface area contributed by atoms with E-state index in [1.807, 2.05) is 13.0 Å². The van der Waals surface area contributed by atoms with Crippen molar-refractivity contribution in [2.24, 2.45) is 0 Å². The van der Waals surface area contributed by atoms with Crippen LogP contribution in [-0.4, -0.2) is 35.6 Å². The van der Waals surface area contributed by atoms with E-state index in [0.717, 1.165) is 11.3 Å². The molecule has 0 bridgehead atoms. The first-order valence-corrected chi connectivity index (χ1v) is 9.41. The lowest BCUT2D eigenvalue weighted by atomic mass is 10.1. The zero-order valence-corrected chi connectivity index (χ0v) is 15.5. The van der Waals surface area contributed by atoms with Crippen molar-refractivity contribution in [3.63, 3.8) is 0 Å². The molecule has 2 rings (SSSR count). The summed E-state index contributed by atoms with van der Waals surface area (Å²) in [6.07, 6.45) is 1.68. The number of rotatable bonds is 5. The number of aromatic nitrogens is 2. The number of sulfonamides is 1. The first-order valence-electron chi connectivity index (χ1n) is 7.76. The summed E-state index contributed by atoms with van der Waals surface area (Å²) in [5.41, 5.74) is 1.55. The number of hydrogen-bond acceptors (Lipinski definition) is 5. The van der Waals surface area contributed by atoms with Gasteiger partial charge in [-0.15, -0.1) is 0 Å². The smallest absolute Gasteiger partial charge is 0.240 e. The molecule has 1 heterocycles. The Hall–Kier alpha value is -2.32. The van der Waals surface area contributed by atoms with Gasteiger partial charge in [-0.3, -0.25) is 4.79 Å². The second-order valence-electron chi connectivity index (χ2n) is 6.76. The van der Waals surface area contributed by atoms with Gasteiger partial charge >= 0.3 is 0 Å². The van der Waals surface area contributed by atoms with Crippen LogP contribution in [0, 0.1) is 6.92 Å². The molecule has 7 nitrogen and oxygen atoms in total. The van der Waals surface area contributed by atoms with Crippen LogP contribution in [0.2, 0.25) is 0 Å². The second-order valence-corrected chi connectivity index (χ2v) is 8.48. The maximum Gasteiger partial charge on any atom is 0.240 e. The van der Waals surface area contributed by atoms with Gasteiger partial charge in [-0.1, -0.05) is 0 Å². The minimum absolute atomic E-state index is 0.507. The Morgan fingerprint density at radius 3 is 2.32 bits per heavy atom. The molecule has 0 saturated carbocycles. The number of nitrogens with one attached hydrogen (secondary N) is 2. The summed E-state index contributed by atoms with van der Waals surface area (Å²) in [5.74, 6) is -0.640. The SMILES string of the molecule is Cc1ccnc(-c2ccc(NC(=O)CS(=O)(=O)NC(C)(C)C)cc2)n1. The average Bonchev–Trinajstić information content (AvgIpc) is 2.44. The molecule has 0 saturated heterocycles. The number of carbonyl (C=O) groups excluding carboxylic acids is 1. The summed E-state index contributed by atoms with van der Waals surface area (Å²) in [4.78, 5) is 20.5. The molecular formula is C17H22N4O3S. The van der Waals surface area contributed by atoms with Gasteiger partial charge in [-0.05, 0) is 58.0 Å². The fourth-order valence-corrected chi connectivity index (χ4v) is 3.59. The van der Waals surface area contributed by atoms with Gasteiger partial charge < -0.3 is 5.32 Å². The van der Waals surface area contributed by atoms with Gasteiger partial charge in [-0.2, -0.15) is 0 Å². The van der Waals surface area contributed by atoms with E-state index >= 15 is 0 Å². The lowest BCUT2D eigenvalue weighted by Crippen LogP contribution is -2.43. The van der Waals surface area contributed by atoms with E-state index in [0.29, 0.717) is 11.5 Å². The van der Waals surface area contributed by atoms with Gasteiger partial charge in [0.15, 0.2) is 5.82 Å². The summed E-state index contributed by atoms with van der Waals surface area (Å²) in [7, 11) is -3.70. The highest BCUT2D eigenvalue weighted by Gasteiger charge is 2.22. The van der Waals surface area contributed by atoms with Gasteiger partial charge in [-0.25, -0.2) is 23.1 Å². The van der Waals surface area contributed by atoms with E-state index < -0.39 is 27.2 Å². The number of aryl methyl sites for hydroxylation is 1. The van der Waals surface area contributed by atoms with E-state index in [4.69, 9.17) is 0 Å². The maximum absolute atomic E-state index is 12.0. The Kier molecular flexibility index (Phi) is 5.54. The standard InChI is InChI=1S/C17H22N4O3S/c1-12-9-10-18-16(19-12)13-5-7-14(8-6-13)20-15(22)11-25(23,24)21-17(2,3)4/h5-10,21H,11H2,1-4H3,(H,20,22). The number of benzene rings is 1. The third-order valence-corrected chi connectivity index (χ3v) is 4.57. The fourth-order valence-electron chi connectivity index (χ4n) is 2.16. The lowest BCUT2D eigenvalue weighted by Gasteiger charge is -2.20. The van der Waals surface area contributed by atoms with E-state index in [2.05, 4.69) is 20.0 Å². The first kappa shape index (κ1) is 19.0. The molecule has 2 N–H and O–H groups in total. The van der Waals surface area contributed by atoms with Gasteiger partial charge in [0.2, 0.25) is 15.9 Å². The molecule has 0 aliphatic carbocycles. The van der Waals surface area contributed by atoms with Gasteiger partial charge in [0.25, 0.3) is 0 Å². The first-order chi connectivity index (χ1) is 11.5. The number of nitrogens with zero attached hydrogens (tertiary/aromatic N) is 2. The van der Waals surface area contributed by atoms with Crippen LogP contribution in [0.5, 0.6) is 0 Å². The predicted octanol–water partition coefficient (Wildman–Crippen LogP) is 2.11. The Morgan fingerprint density at radius 2 is 1.76 bits per heavy atom. The monoisotopic (exact) mass is 362 g/mol. The lowest BCUT2D eigenvalue weighted by molar-refractivity contribution is -0.113. The molecule has 0 fully saturated rings. The summed E-state index contributed by atoms with van der Waals surface area (Å²) in [6, 6.07) is 8.72. The minimum Gasteiger partial charge on any atom is -0.325 e. The molecule has 8 heteroatoms. The van der Waals surface area contributed by atoms with E-state index in [1.165, 1.54) is 0 Å². The quantitative estimate of drug-likeness (QED) is 0.848. The average molecular weight is 362 g/mol. The molecule has 0 radical (unpaired) electrons. The summed E-state index contributed by atoms with van der Waals surface area (Å²) in [5, 5.41) is 2.57. The van der Waals surface area contributed by atoms with Crippen molar-refractivity contribution < 1.29 is 13.2 Å². The number of amides is 1. The molecule has 1 amide bonds. The highest BCUT2D eigenvalue weighted by molar-refractivity contribution is 7.90. The van der Waals surface area contributed by atoms with Crippen molar-refractivity contribution in [2.45, 2.75) is 33.2 Å². The molecule has 0 unspecified atom stereocenters. The van der Waals surface area contributed by atoms with Crippen LogP contribution < -0.4 is 10.0 Å². The van der Waals surface area contributed by atoms with Crippen LogP contribution in [0.15, 0.2) is 36.5 Å². The largest absolute Gasteiger partial charge is 0.325 e. The Bertz CT molecular complexity index is 856. The van der Waals surface area contributed by atoms with Crippen molar-refractivity contribution in [2.75, 3.05) is 11.1 Å². The summed E-state index contributed by atoms with van der Waals surface area (Å²) < 4.78 is 26.3. The van der Waals surface area contributed by atoms with Crippen molar-refractivity contribution >= 4 is 21.6 Å². The minimum atomic E-state index is -3.70. The molecule has 134 valence electrons. The van der Waals surface area contributed by atoms with Crippen LogP contribution in [0.1, 0.15) is 26.5 Å². The van der Waals surface area contributed by atoms with Crippen LogP contribution in [0.3, 0.4) is 0 Å².